The number of allylic oxidation sites excluding steroid dienone is 3. The normalized spacial score (nSPS) is 19.8. The summed E-state index contributed by atoms with van der Waals surface area (Å²) in [5, 5.41) is 5.93. The molecule has 1 aliphatic carbocycles. The maximum absolute atomic E-state index is 13.6. The van der Waals surface area contributed by atoms with E-state index in [-0.39, 0.29) is 17.4 Å². The van der Waals surface area contributed by atoms with Gasteiger partial charge in [0, 0.05) is 40.6 Å². The van der Waals surface area contributed by atoms with Gasteiger partial charge in [-0.2, -0.15) is 13.2 Å². The van der Waals surface area contributed by atoms with Gasteiger partial charge >= 0.3 is 6.18 Å². The number of alkyl halides is 3. The summed E-state index contributed by atoms with van der Waals surface area (Å²) >= 11 is 0. The van der Waals surface area contributed by atoms with Crippen LogP contribution >= 0.6 is 0 Å². The second-order valence-electron chi connectivity index (χ2n) is 9.37. The van der Waals surface area contributed by atoms with Crippen molar-refractivity contribution in [2.24, 2.45) is 0 Å². The highest BCUT2D eigenvalue weighted by Crippen LogP contribution is 2.45. The van der Waals surface area contributed by atoms with Crippen molar-refractivity contribution < 1.29 is 22.8 Å². The SMILES string of the molecule is CC1=C(C(=O)Nc2cccc(C(F)(F)F)c2)C(c2ccccc2)C2=C(CC(c3ccccc3)CC2=O)N1. The van der Waals surface area contributed by atoms with Crippen molar-refractivity contribution in [3.63, 3.8) is 0 Å². The van der Waals surface area contributed by atoms with Crippen LogP contribution in [0.4, 0.5) is 18.9 Å². The summed E-state index contributed by atoms with van der Waals surface area (Å²) in [6, 6.07) is 23.7. The monoisotopic (exact) mass is 502 g/mol. The number of anilines is 1. The Bertz CT molecular complexity index is 1410. The first-order valence-electron chi connectivity index (χ1n) is 12.0. The van der Waals surface area contributed by atoms with Crippen LogP contribution in [-0.4, -0.2) is 11.7 Å². The second-order valence-corrected chi connectivity index (χ2v) is 9.37. The second kappa shape index (κ2) is 9.73. The van der Waals surface area contributed by atoms with Crippen molar-refractivity contribution in [2.75, 3.05) is 5.32 Å². The van der Waals surface area contributed by atoms with Gasteiger partial charge in [0.2, 0.25) is 0 Å². The zero-order chi connectivity index (χ0) is 26.2. The molecule has 0 saturated carbocycles. The zero-order valence-corrected chi connectivity index (χ0v) is 20.1. The number of amides is 1. The van der Waals surface area contributed by atoms with Gasteiger partial charge in [-0.25, -0.2) is 0 Å². The van der Waals surface area contributed by atoms with E-state index in [1.807, 2.05) is 60.7 Å². The van der Waals surface area contributed by atoms with Crippen molar-refractivity contribution in [3.05, 3.63) is 124 Å². The maximum atomic E-state index is 13.6. The quantitative estimate of drug-likeness (QED) is 0.417. The third kappa shape index (κ3) is 4.94. The van der Waals surface area contributed by atoms with Crippen LogP contribution in [0.2, 0.25) is 0 Å². The number of benzene rings is 3. The van der Waals surface area contributed by atoms with Crippen molar-refractivity contribution in [1.82, 2.24) is 5.32 Å². The Morgan fingerprint density at radius 2 is 1.54 bits per heavy atom. The van der Waals surface area contributed by atoms with Crippen LogP contribution in [0.15, 0.2) is 107 Å². The molecule has 0 aromatic heterocycles. The maximum Gasteiger partial charge on any atom is 0.416 e. The van der Waals surface area contributed by atoms with Crippen molar-refractivity contribution in [2.45, 2.75) is 37.8 Å². The molecule has 0 bridgehead atoms. The van der Waals surface area contributed by atoms with Gasteiger partial charge in [-0.3, -0.25) is 9.59 Å². The van der Waals surface area contributed by atoms with Gasteiger partial charge in [0.05, 0.1) is 5.56 Å². The van der Waals surface area contributed by atoms with Gasteiger partial charge in [0.25, 0.3) is 5.91 Å². The van der Waals surface area contributed by atoms with Crippen molar-refractivity contribution >= 4 is 17.4 Å². The summed E-state index contributed by atoms with van der Waals surface area (Å²) in [7, 11) is 0. The molecular weight excluding hydrogens is 477 g/mol. The number of hydrogen-bond donors (Lipinski definition) is 2. The summed E-state index contributed by atoms with van der Waals surface area (Å²) in [6.45, 7) is 1.76. The molecule has 3 aromatic rings. The van der Waals surface area contributed by atoms with E-state index >= 15 is 0 Å². The lowest BCUT2D eigenvalue weighted by molar-refractivity contribution is -0.137. The molecule has 2 N–H and O–H groups in total. The minimum absolute atomic E-state index is 0.0182. The average Bonchev–Trinajstić information content (AvgIpc) is 2.88. The fourth-order valence-electron chi connectivity index (χ4n) is 5.25. The lowest BCUT2D eigenvalue weighted by Crippen LogP contribution is -2.37. The van der Waals surface area contributed by atoms with E-state index in [9.17, 15) is 22.8 Å². The van der Waals surface area contributed by atoms with E-state index in [0.29, 0.717) is 29.7 Å². The Kier molecular flexibility index (Phi) is 6.46. The minimum Gasteiger partial charge on any atom is -0.362 e. The van der Waals surface area contributed by atoms with E-state index in [1.54, 1.807) is 6.92 Å². The number of rotatable bonds is 4. The summed E-state index contributed by atoms with van der Waals surface area (Å²) in [5.41, 5.74) is 3.24. The van der Waals surface area contributed by atoms with Gasteiger partial charge in [0.1, 0.15) is 0 Å². The van der Waals surface area contributed by atoms with E-state index in [0.717, 1.165) is 29.0 Å². The van der Waals surface area contributed by atoms with Crippen LogP contribution in [0.25, 0.3) is 0 Å². The number of dihydropyridines is 1. The standard InChI is InChI=1S/C30H25F3N2O2/c1-18-26(29(37)35-23-14-8-13-22(17-23)30(31,32)33)27(20-11-6-3-7-12-20)28-24(34-18)15-21(16-25(28)36)19-9-4-2-5-10-19/h2-14,17,21,27,34H,15-16H2,1H3,(H,35,37). The smallest absolute Gasteiger partial charge is 0.362 e. The van der Waals surface area contributed by atoms with Crippen LogP contribution in [0.5, 0.6) is 0 Å². The molecule has 0 saturated heterocycles. The van der Waals surface area contributed by atoms with Crippen LogP contribution in [0.1, 0.15) is 48.3 Å². The highest BCUT2D eigenvalue weighted by atomic mass is 19.4. The molecule has 2 atom stereocenters. The minimum atomic E-state index is -4.53. The van der Waals surface area contributed by atoms with Crippen LogP contribution in [0, 0.1) is 0 Å². The molecule has 7 heteroatoms. The molecule has 0 fully saturated rings. The molecule has 3 aromatic carbocycles. The first-order valence-corrected chi connectivity index (χ1v) is 12.0. The molecule has 0 radical (unpaired) electrons. The first-order chi connectivity index (χ1) is 17.7. The summed E-state index contributed by atoms with van der Waals surface area (Å²) < 4.78 is 39.6. The van der Waals surface area contributed by atoms with E-state index in [1.165, 1.54) is 12.1 Å². The summed E-state index contributed by atoms with van der Waals surface area (Å²) in [5.74, 6) is -1.21. The van der Waals surface area contributed by atoms with Gasteiger partial charge < -0.3 is 10.6 Å². The van der Waals surface area contributed by atoms with Crippen LogP contribution < -0.4 is 10.6 Å². The van der Waals surface area contributed by atoms with E-state index in [4.69, 9.17) is 0 Å². The topological polar surface area (TPSA) is 58.2 Å². The number of Topliss-reactive ketones (excluding diaryl/α,β-unsaturated/α-hetero) is 1. The van der Waals surface area contributed by atoms with Crippen LogP contribution in [0.3, 0.4) is 0 Å². The van der Waals surface area contributed by atoms with Gasteiger partial charge in [-0.1, -0.05) is 66.7 Å². The molecule has 2 aliphatic rings. The van der Waals surface area contributed by atoms with Gasteiger partial charge in [0.15, 0.2) is 5.78 Å². The number of carbonyl (C=O) groups is 2. The predicted molar refractivity (Wildman–Crippen MR) is 136 cm³/mol. The number of carbonyl (C=O) groups excluding carboxylic acids is 2. The first kappa shape index (κ1) is 24.6. The molecular formula is C30H25F3N2O2. The molecule has 0 spiro atoms. The van der Waals surface area contributed by atoms with E-state index < -0.39 is 23.6 Å². The molecule has 188 valence electrons. The van der Waals surface area contributed by atoms with Crippen molar-refractivity contribution in [3.8, 4) is 0 Å². The molecule has 4 nitrogen and oxygen atoms in total. The van der Waals surface area contributed by atoms with Crippen molar-refractivity contribution in [1.29, 1.82) is 0 Å². The zero-order valence-electron chi connectivity index (χ0n) is 20.1. The molecule has 2 unspecified atom stereocenters. The van der Waals surface area contributed by atoms with Gasteiger partial charge in [-0.15, -0.1) is 0 Å². The molecule has 1 aliphatic heterocycles. The highest BCUT2D eigenvalue weighted by Gasteiger charge is 2.41. The van der Waals surface area contributed by atoms with E-state index in [2.05, 4.69) is 10.6 Å². The number of halogens is 3. The third-order valence-corrected chi connectivity index (χ3v) is 6.92. The fourth-order valence-corrected chi connectivity index (χ4v) is 5.25. The molecule has 1 amide bonds. The Labute approximate surface area is 212 Å². The largest absolute Gasteiger partial charge is 0.416 e. The molecule has 1 heterocycles. The number of hydrogen-bond acceptors (Lipinski definition) is 3. The lowest BCUT2D eigenvalue weighted by Gasteiger charge is -2.37. The van der Waals surface area contributed by atoms with Crippen LogP contribution in [-0.2, 0) is 15.8 Å². The number of ketones is 1. The third-order valence-electron chi connectivity index (χ3n) is 6.92. The Hall–Kier alpha value is -4.13. The summed E-state index contributed by atoms with van der Waals surface area (Å²) in [4.78, 5) is 27.2. The molecule has 37 heavy (non-hydrogen) atoms. The fraction of sp³-hybridized carbons (Fsp3) is 0.200. The summed E-state index contributed by atoms with van der Waals surface area (Å²) in [6.07, 6.45) is -3.60. The Balaban J connectivity index is 1.52. The molecule has 5 rings (SSSR count). The Morgan fingerprint density at radius 1 is 0.892 bits per heavy atom. The highest BCUT2D eigenvalue weighted by molar-refractivity contribution is 6.10. The van der Waals surface area contributed by atoms with Gasteiger partial charge in [-0.05, 0) is 48.6 Å². The predicted octanol–water partition coefficient (Wildman–Crippen LogP) is 6.71. The average molecular weight is 503 g/mol. The lowest BCUT2D eigenvalue weighted by atomic mass is 9.71. The Morgan fingerprint density at radius 3 is 2.19 bits per heavy atom. The number of nitrogens with one attached hydrogen (secondary N) is 2.